The molecule has 0 radical (unpaired) electrons. The van der Waals surface area contributed by atoms with Crippen molar-refractivity contribution < 1.29 is 53.5 Å². The molecule has 15 heteroatoms. The van der Waals surface area contributed by atoms with Crippen LogP contribution in [0.15, 0.2) is 72.1 Å². The Balaban J connectivity index is 1.35. The molecule has 43 heavy (non-hydrogen) atoms. The number of rotatable bonds is 5. The predicted octanol–water partition coefficient (Wildman–Crippen LogP) is 6.95. The van der Waals surface area contributed by atoms with E-state index in [1.54, 1.807) is 12.1 Å². The van der Waals surface area contributed by atoms with Gasteiger partial charge in [-0.15, -0.1) is 0 Å². The number of carbonyl (C=O) groups is 1. The number of oxime groups is 1. The van der Waals surface area contributed by atoms with E-state index in [0.29, 0.717) is 5.56 Å². The summed E-state index contributed by atoms with van der Waals surface area (Å²) < 4.78 is 139. The zero-order valence-corrected chi connectivity index (χ0v) is 21.6. The summed E-state index contributed by atoms with van der Waals surface area (Å²) in [7, 11) is 0. The van der Waals surface area contributed by atoms with Crippen molar-refractivity contribution in [2.24, 2.45) is 5.16 Å². The van der Waals surface area contributed by atoms with Gasteiger partial charge in [-0.25, -0.2) is 4.39 Å². The van der Waals surface area contributed by atoms with Gasteiger partial charge < -0.3 is 9.74 Å². The van der Waals surface area contributed by atoms with Crippen LogP contribution in [0, 0.1) is 0 Å². The molecule has 5 rings (SSSR count). The Morgan fingerprint density at radius 2 is 1.37 bits per heavy atom. The van der Waals surface area contributed by atoms with E-state index < -0.39 is 58.6 Å². The first-order valence-electron chi connectivity index (χ1n) is 12.5. The number of hydrogen-bond donors (Lipinski definition) is 0. The summed E-state index contributed by atoms with van der Waals surface area (Å²) in [6, 6.07) is 7.83. The summed E-state index contributed by atoms with van der Waals surface area (Å²) in [6.45, 7) is -0.539. The van der Waals surface area contributed by atoms with Gasteiger partial charge in [-0.2, -0.15) is 39.5 Å². The summed E-state index contributed by atoms with van der Waals surface area (Å²) in [5.74, 6) is -0.319. The first kappa shape index (κ1) is 30.3. The second-order valence-corrected chi connectivity index (χ2v) is 10.3. The first-order chi connectivity index (χ1) is 19.9. The van der Waals surface area contributed by atoms with Crippen molar-refractivity contribution in [2.75, 3.05) is 13.1 Å². The minimum absolute atomic E-state index is 0.0218. The van der Waals surface area contributed by atoms with Crippen LogP contribution in [0.5, 0.6) is 0 Å². The SMILES string of the molecule is O=C(Cc1ccncc1)N1CC(F)(c2ccc(C3=NOC(c4cc(C(F)(F)F)cc(C(F)(F)F)c4)(C(F)(F)F)C3)cc2)C1. The lowest BCUT2D eigenvalue weighted by molar-refractivity contribution is -0.276. The van der Waals surface area contributed by atoms with E-state index in [9.17, 15) is 44.3 Å². The van der Waals surface area contributed by atoms with Crippen molar-refractivity contribution in [3.05, 3.63) is 100 Å². The number of pyridine rings is 1. The monoisotopic (exact) mass is 619 g/mol. The van der Waals surface area contributed by atoms with Crippen LogP contribution in [-0.2, 0) is 39.7 Å². The number of aromatic nitrogens is 1. The molecule has 0 spiro atoms. The quantitative estimate of drug-likeness (QED) is 0.291. The molecule has 2 aromatic carbocycles. The van der Waals surface area contributed by atoms with Crippen molar-refractivity contribution in [3.63, 3.8) is 0 Å². The maximum absolute atomic E-state index is 15.5. The Bertz CT molecular complexity index is 1510. The van der Waals surface area contributed by atoms with Gasteiger partial charge in [0.05, 0.1) is 36.3 Å². The number of hydrogen-bond acceptors (Lipinski definition) is 4. The van der Waals surface area contributed by atoms with Crippen LogP contribution < -0.4 is 0 Å². The van der Waals surface area contributed by atoms with Gasteiger partial charge in [0.1, 0.15) is 0 Å². The molecule has 2 aliphatic rings. The molecule has 3 aromatic rings. The van der Waals surface area contributed by atoms with Gasteiger partial charge in [0.2, 0.25) is 5.91 Å². The van der Waals surface area contributed by atoms with Crippen LogP contribution in [0.2, 0.25) is 0 Å². The normalized spacial score (nSPS) is 20.3. The first-order valence-corrected chi connectivity index (χ1v) is 12.5. The van der Waals surface area contributed by atoms with Crippen molar-refractivity contribution in [2.45, 2.75) is 42.6 Å². The van der Waals surface area contributed by atoms with Gasteiger partial charge in [0, 0.05) is 24.4 Å². The smallest absolute Gasteiger partial charge is 0.374 e. The van der Waals surface area contributed by atoms with Crippen LogP contribution in [0.4, 0.5) is 43.9 Å². The number of benzene rings is 2. The minimum atomic E-state index is -5.48. The molecule has 1 unspecified atom stereocenters. The third-order valence-corrected chi connectivity index (χ3v) is 7.32. The highest BCUT2D eigenvalue weighted by Gasteiger charge is 2.63. The van der Waals surface area contributed by atoms with Gasteiger partial charge in [-0.3, -0.25) is 9.78 Å². The fourth-order valence-electron chi connectivity index (χ4n) is 4.91. The van der Waals surface area contributed by atoms with Crippen LogP contribution in [0.3, 0.4) is 0 Å². The van der Waals surface area contributed by atoms with Crippen molar-refractivity contribution >= 4 is 11.6 Å². The standard InChI is InChI=1S/C28H19F10N3O2/c29-24(14-41(15-24)23(42)9-16-5-7-39-8-6-16)18-3-1-17(2-4-18)22-13-25(43-40-22,28(36,37)38)19-10-20(26(30,31)32)12-21(11-19)27(33,34)35/h1-8,10-12H,9,13-15H2. The number of amides is 1. The summed E-state index contributed by atoms with van der Waals surface area (Å²) in [5, 5.41) is 3.37. The van der Waals surface area contributed by atoms with E-state index in [0.717, 1.165) is 0 Å². The molecule has 0 N–H and O–H groups in total. The average Bonchev–Trinajstić information content (AvgIpc) is 3.38. The molecule has 1 saturated heterocycles. The molecule has 1 amide bonds. The van der Waals surface area contributed by atoms with Crippen LogP contribution in [0.1, 0.15) is 39.8 Å². The van der Waals surface area contributed by atoms with Crippen molar-refractivity contribution in [3.8, 4) is 0 Å². The third kappa shape index (κ3) is 5.76. The molecule has 2 aliphatic heterocycles. The molecule has 0 saturated carbocycles. The maximum Gasteiger partial charge on any atom is 0.435 e. The molecule has 1 atom stereocenters. The molecular weight excluding hydrogens is 600 g/mol. The molecule has 1 fully saturated rings. The molecule has 1 aromatic heterocycles. The highest BCUT2D eigenvalue weighted by molar-refractivity contribution is 6.02. The van der Waals surface area contributed by atoms with Gasteiger partial charge in [-0.1, -0.05) is 29.4 Å². The van der Waals surface area contributed by atoms with Crippen molar-refractivity contribution in [1.82, 2.24) is 9.88 Å². The number of alkyl halides is 10. The lowest BCUT2D eigenvalue weighted by Crippen LogP contribution is -2.59. The Kier molecular flexibility index (Phi) is 7.21. The van der Waals surface area contributed by atoms with Crippen LogP contribution >= 0.6 is 0 Å². The molecule has 3 heterocycles. The Labute approximate surface area is 236 Å². The van der Waals surface area contributed by atoms with Crippen molar-refractivity contribution in [1.29, 1.82) is 0 Å². The maximum atomic E-state index is 15.5. The number of carbonyl (C=O) groups excluding carboxylic acids is 1. The zero-order valence-electron chi connectivity index (χ0n) is 21.6. The third-order valence-electron chi connectivity index (χ3n) is 7.32. The van der Waals surface area contributed by atoms with E-state index in [1.807, 2.05) is 0 Å². The summed E-state index contributed by atoms with van der Waals surface area (Å²) >= 11 is 0. The van der Waals surface area contributed by atoms with E-state index >= 15 is 4.39 Å². The summed E-state index contributed by atoms with van der Waals surface area (Å²) in [5.41, 5.74) is -10.5. The zero-order chi connectivity index (χ0) is 31.4. The largest absolute Gasteiger partial charge is 0.435 e. The predicted molar refractivity (Wildman–Crippen MR) is 130 cm³/mol. The second kappa shape index (κ2) is 10.2. The number of halogens is 10. The Morgan fingerprint density at radius 1 is 0.814 bits per heavy atom. The van der Waals surface area contributed by atoms with Crippen LogP contribution in [-0.4, -0.2) is 40.8 Å². The minimum Gasteiger partial charge on any atom is -0.374 e. The molecular formula is C28H19F10N3O2. The van der Waals surface area contributed by atoms with Gasteiger partial charge in [0.25, 0.3) is 5.60 Å². The van der Waals surface area contributed by atoms with E-state index in [4.69, 9.17) is 0 Å². The second-order valence-electron chi connectivity index (χ2n) is 10.3. The lowest BCUT2D eigenvalue weighted by Gasteiger charge is -2.44. The molecule has 0 aliphatic carbocycles. The fraction of sp³-hybridized carbons (Fsp3) is 0.321. The highest BCUT2D eigenvalue weighted by atomic mass is 19.4. The fourth-order valence-corrected chi connectivity index (χ4v) is 4.91. The average molecular weight is 619 g/mol. The van der Waals surface area contributed by atoms with Gasteiger partial charge >= 0.3 is 18.5 Å². The van der Waals surface area contributed by atoms with Crippen LogP contribution in [0.25, 0.3) is 0 Å². The Hall–Kier alpha value is -4.17. The summed E-state index contributed by atoms with van der Waals surface area (Å²) in [4.78, 5) is 22.2. The highest BCUT2D eigenvalue weighted by Crippen LogP contribution is 2.51. The van der Waals surface area contributed by atoms with Gasteiger partial charge in [0.15, 0.2) is 5.67 Å². The molecule has 228 valence electrons. The van der Waals surface area contributed by atoms with E-state index in [-0.39, 0.29) is 54.7 Å². The molecule has 0 bridgehead atoms. The Morgan fingerprint density at radius 3 is 1.88 bits per heavy atom. The molecule has 5 nitrogen and oxygen atoms in total. The number of likely N-dealkylation sites (tertiary alicyclic amines) is 1. The number of nitrogens with zero attached hydrogens (tertiary/aromatic N) is 3. The summed E-state index contributed by atoms with van der Waals surface area (Å²) in [6.07, 6.45) is -14.4. The van der Waals surface area contributed by atoms with E-state index in [2.05, 4.69) is 15.0 Å². The van der Waals surface area contributed by atoms with E-state index in [1.165, 1.54) is 41.6 Å². The topological polar surface area (TPSA) is 54.8 Å². The lowest BCUT2D eigenvalue weighted by atomic mass is 9.83. The van der Waals surface area contributed by atoms with Gasteiger partial charge in [-0.05, 0) is 47.0 Å².